The number of guanidine groups is 1. The van der Waals surface area contributed by atoms with E-state index in [1.165, 1.54) is 48.5 Å². The number of nitrogens with one attached hydrogen (secondary N) is 8. The normalized spacial score (nSPS) is 14.4. The van der Waals surface area contributed by atoms with Crippen LogP contribution >= 0.6 is 0 Å². The van der Waals surface area contributed by atoms with Crippen LogP contribution in [0.15, 0.2) is 83.9 Å². The van der Waals surface area contributed by atoms with Crippen molar-refractivity contribution in [2.75, 3.05) is 13.2 Å². The first-order valence-electron chi connectivity index (χ1n) is 26.7. The van der Waals surface area contributed by atoms with Crippen molar-refractivity contribution in [2.45, 2.75) is 132 Å². The molecule has 86 heavy (non-hydrogen) atoms. The van der Waals surface area contributed by atoms with Crippen LogP contribution in [0.3, 0.4) is 0 Å². The molecule has 0 aromatic heterocycles. The van der Waals surface area contributed by atoms with E-state index >= 15 is 0 Å². The molecule has 3 rings (SSSR count). The third-order valence-corrected chi connectivity index (χ3v) is 12.7. The van der Waals surface area contributed by atoms with Crippen molar-refractivity contribution in [2.24, 2.45) is 33.7 Å². The second-order valence-electron chi connectivity index (χ2n) is 19.8. The highest BCUT2D eigenvalue weighted by molar-refractivity contribution is 5.99. The van der Waals surface area contributed by atoms with Crippen LogP contribution in [0.2, 0.25) is 0 Å². The Labute approximate surface area is 491 Å². The van der Waals surface area contributed by atoms with E-state index in [-0.39, 0.29) is 61.7 Å². The number of rotatable bonds is 37. The van der Waals surface area contributed by atoms with Gasteiger partial charge in [0.05, 0.1) is 25.2 Å². The number of carbonyl (C=O) groups is 12. The zero-order chi connectivity index (χ0) is 64.2. The fourth-order valence-electron chi connectivity index (χ4n) is 8.10. The number of amides is 10. The van der Waals surface area contributed by atoms with Crippen molar-refractivity contribution in [3.63, 3.8) is 0 Å². The lowest BCUT2D eigenvalue weighted by Crippen LogP contribution is -2.61. The van der Waals surface area contributed by atoms with E-state index in [0.29, 0.717) is 11.1 Å². The Balaban J connectivity index is 1.99. The summed E-state index contributed by atoms with van der Waals surface area (Å²) in [6.45, 7) is -0.159. The number of carboxylic acid groups (broad SMARTS) is 2. The van der Waals surface area contributed by atoms with Crippen molar-refractivity contribution >= 4 is 77.0 Å². The lowest BCUT2D eigenvalue weighted by atomic mass is 10.0. The largest absolute Gasteiger partial charge is 0.508 e. The van der Waals surface area contributed by atoms with Gasteiger partial charge in [0, 0.05) is 38.6 Å². The molecule has 24 N–H and O–H groups in total. The third kappa shape index (κ3) is 25.3. The summed E-state index contributed by atoms with van der Waals surface area (Å²) in [7, 11) is 0. The molecule has 32 nitrogen and oxygen atoms in total. The molecular formula is C54H74N14O18. The van der Waals surface area contributed by atoms with Crippen LogP contribution in [0.25, 0.3) is 0 Å². The molecule has 3 aromatic rings. The molecule has 0 spiro atoms. The van der Waals surface area contributed by atoms with E-state index in [2.05, 4.69) is 47.5 Å². The van der Waals surface area contributed by atoms with Crippen LogP contribution in [0, 0.1) is 0 Å². The molecule has 10 atom stereocenters. The van der Waals surface area contributed by atoms with E-state index in [1.54, 1.807) is 30.3 Å². The smallest absolute Gasteiger partial charge is 0.328 e. The Morgan fingerprint density at radius 1 is 0.477 bits per heavy atom. The monoisotopic (exact) mass is 1210 g/mol. The molecule has 0 aliphatic rings. The molecule has 0 unspecified atom stereocenters. The van der Waals surface area contributed by atoms with Crippen LogP contribution in [0.1, 0.15) is 68.6 Å². The number of carbonyl (C=O) groups excluding carboxylic acids is 10. The highest BCUT2D eigenvalue weighted by Crippen LogP contribution is 2.15. The lowest BCUT2D eigenvalue weighted by Gasteiger charge is -2.28. The SMILES string of the molecule is C[C@@H](O)[C@H](NC(=O)[C@H](CCCN=C(N)N)NC(=O)[C@H](Cc1ccccc1)NC(=O)[C@H](Cc1ccc(O)cc1)NC(=O)[C@H](CO)NC(=O)[C@H](CC(=O)O)NC(=O)[C@H](Cc1ccc(O)cc1)NC(=O)[C@H](CCC(N)=O)NC(=O)[C@@H](N)CCC(N)=O)C(=O)O. The van der Waals surface area contributed by atoms with E-state index in [9.17, 15) is 88.2 Å². The minimum Gasteiger partial charge on any atom is -0.508 e. The van der Waals surface area contributed by atoms with Crippen LogP contribution in [-0.4, -0.2) is 181 Å². The number of aliphatic carboxylic acids is 2. The average Bonchev–Trinajstić information content (AvgIpc) is 2.82. The summed E-state index contributed by atoms with van der Waals surface area (Å²) in [5, 5.41) is 78.7. The number of phenols is 2. The Morgan fingerprint density at radius 3 is 1.28 bits per heavy atom. The molecular weight excluding hydrogens is 1130 g/mol. The van der Waals surface area contributed by atoms with Gasteiger partial charge in [0.1, 0.15) is 53.8 Å². The van der Waals surface area contributed by atoms with Crippen LogP contribution in [0.4, 0.5) is 0 Å². The Morgan fingerprint density at radius 2 is 0.849 bits per heavy atom. The zero-order valence-electron chi connectivity index (χ0n) is 46.7. The number of aliphatic hydroxyl groups is 2. The molecule has 10 amide bonds. The molecule has 3 aromatic carbocycles. The fraction of sp³-hybridized carbons (Fsp3) is 0.426. The first kappa shape index (κ1) is 70.3. The van der Waals surface area contributed by atoms with Gasteiger partial charge in [-0.3, -0.25) is 57.7 Å². The number of hydrogen-bond donors (Lipinski definition) is 19. The van der Waals surface area contributed by atoms with Gasteiger partial charge in [-0.25, -0.2) is 4.79 Å². The summed E-state index contributed by atoms with van der Waals surface area (Å²) < 4.78 is 0. The van der Waals surface area contributed by atoms with Crippen LogP contribution in [-0.2, 0) is 76.8 Å². The number of nitrogens with two attached hydrogens (primary N) is 5. The Bertz CT molecular complexity index is 2880. The summed E-state index contributed by atoms with van der Waals surface area (Å²) in [4.78, 5) is 163. The quantitative estimate of drug-likeness (QED) is 0.0145. The second kappa shape index (κ2) is 35.2. The van der Waals surface area contributed by atoms with E-state index in [0.717, 1.165) is 6.92 Å². The van der Waals surface area contributed by atoms with Crippen molar-refractivity contribution in [1.82, 2.24) is 42.5 Å². The van der Waals surface area contributed by atoms with Crippen LogP contribution in [0.5, 0.6) is 11.5 Å². The van der Waals surface area contributed by atoms with Crippen molar-refractivity contribution in [3.05, 3.63) is 95.6 Å². The number of nitrogens with zero attached hydrogens (tertiary/aromatic N) is 1. The molecule has 0 aliphatic heterocycles. The molecule has 0 radical (unpaired) electrons. The van der Waals surface area contributed by atoms with E-state index in [1.807, 2.05) is 0 Å². The summed E-state index contributed by atoms with van der Waals surface area (Å²) in [6, 6.07) is 3.06. The van der Waals surface area contributed by atoms with Gasteiger partial charge >= 0.3 is 11.9 Å². The number of carboxylic acids is 2. The van der Waals surface area contributed by atoms with Gasteiger partial charge in [-0.2, -0.15) is 0 Å². The average molecular weight is 1210 g/mol. The first-order chi connectivity index (χ1) is 40.6. The second-order valence-corrected chi connectivity index (χ2v) is 19.8. The summed E-state index contributed by atoms with van der Waals surface area (Å²) in [5.41, 5.74) is 28.2. The van der Waals surface area contributed by atoms with Crippen molar-refractivity contribution < 1.29 is 88.2 Å². The van der Waals surface area contributed by atoms with Gasteiger partial charge < -0.3 is 102 Å². The number of aromatic hydroxyl groups is 2. The van der Waals surface area contributed by atoms with Gasteiger partial charge in [0.25, 0.3) is 0 Å². The summed E-state index contributed by atoms with van der Waals surface area (Å²) in [6.07, 6.45) is -5.48. The highest BCUT2D eigenvalue weighted by Gasteiger charge is 2.36. The topological polar surface area (TPSA) is 565 Å². The lowest BCUT2D eigenvalue weighted by molar-refractivity contribution is -0.145. The minimum absolute atomic E-state index is 0.0400. The molecule has 0 saturated carbocycles. The first-order valence-corrected chi connectivity index (χ1v) is 26.7. The maximum atomic E-state index is 14.5. The van der Waals surface area contributed by atoms with Crippen LogP contribution < -0.4 is 71.2 Å². The predicted octanol–water partition coefficient (Wildman–Crippen LogP) is -6.15. The predicted molar refractivity (Wildman–Crippen MR) is 303 cm³/mol. The minimum atomic E-state index is -2.09. The molecule has 0 heterocycles. The number of primary amides is 2. The van der Waals surface area contributed by atoms with Gasteiger partial charge in [-0.15, -0.1) is 0 Å². The van der Waals surface area contributed by atoms with E-state index in [4.69, 9.17) is 28.7 Å². The number of hydrogen-bond acceptors (Lipinski definition) is 18. The Kier molecular flexibility index (Phi) is 28.8. The maximum absolute atomic E-state index is 14.5. The van der Waals surface area contributed by atoms with Gasteiger partial charge in [-0.05, 0) is 73.6 Å². The fourth-order valence-corrected chi connectivity index (χ4v) is 8.10. The van der Waals surface area contributed by atoms with Gasteiger partial charge in [0.15, 0.2) is 12.0 Å². The highest BCUT2D eigenvalue weighted by atomic mass is 16.4. The van der Waals surface area contributed by atoms with Crippen molar-refractivity contribution in [3.8, 4) is 11.5 Å². The Hall–Kier alpha value is -9.95. The molecule has 0 saturated heterocycles. The molecule has 0 fully saturated rings. The summed E-state index contributed by atoms with van der Waals surface area (Å²) >= 11 is 0. The zero-order valence-corrected chi connectivity index (χ0v) is 46.7. The molecule has 0 aliphatic carbocycles. The third-order valence-electron chi connectivity index (χ3n) is 12.7. The number of benzene rings is 3. The van der Waals surface area contributed by atoms with Crippen molar-refractivity contribution in [1.29, 1.82) is 0 Å². The molecule has 468 valence electrons. The number of aliphatic hydroxyl groups excluding tert-OH is 2. The maximum Gasteiger partial charge on any atom is 0.328 e. The molecule has 0 bridgehead atoms. The molecule has 32 heteroatoms. The van der Waals surface area contributed by atoms with E-state index < -0.39 is 170 Å². The number of aliphatic imine (C=N–C) groups is 1. The summed E-state index contributed by atoms with van der Waals surface area (Å²) in [5.74, 6) is -14.8. The van der Waals surface area contributed by atoms with Gasteiger partial charge in [0.2, 0.25) is 59.1 Å². The number of phenolic OH excluding ortho intramolecular Hbond substituents is 2. The van der Waals surface area contributed by atoms with Gasteiger partial charge in [-0.1, -0.05) is 54.6 Å². The standard InChI is InChI=1S/C54H74N14O18/c1-27(70)44(53(85)86)68-47(79)34(8-5-21-60-54(58)59)62-48(80)36(22-28-6-3-2-4-7-28)64-49(81)38(24-30-11-15-32(72)16-12-30)65-52(84)40(26-69)67-51(83)39(25-43(75)76)66-50(82)37(23-29-9-13-31(71)14-10-29)63-46(78)35(18-20-42(57)74)61-45(77)33(55)17-19-41(56)73/h2-4,6-7,9-16,27,33-40,44,69-72H,5,8,17-26,55H2,1H3,(H2,56,73)(H2,57,74)(H,61,77)(H,62,80)(H,63,78)(H,64,81)(H,65,84)(H,66,82)(H,67,83)(H,68,79)(H,75,76)(H,85,86)(H4,58,59,60)/t27-,33+,34+,35+,36+,37+,38+,39+,40+,44+/m1/s1.